The van der Waals surface area contributed by atoms with Crippen LogP contribution >= 0.6 is 23.1 Å². The van der Waals surface area contributed by atoms with Gasteiger partial charge in [0.2, 0.25) is 15.2 Å². The van der Waals surface area contributed by atoms with Crippen LogP contribution in [0.4, 0.5) is 5.13 Å². The largest absolute Gasteiger partial charge is 0.376 e. The molecule has 3 aromatic rings. The van der Waals surface area contributed by atoms with Crippen LogP contribution in [0.5, 0.6) is 0 Å². The molecule has 1 aliphatic rings. The summed E-state index contributed by atoms with van der Waals surface area (Å²) in [7, 11) is -0.445. The van der Waals surface area contributed by atoms with Gasteiger partial charge in [-0.25, -0.2) is 17.7 Å². The van der Waals surface area contributed by atoms with Crippen LogP contribution in [0.2, 0.25) is 0 Å². The Kier molecular flexibility index (Phi) is 6.82. The third-order valence-electron chi connectivity index (χ3n) is 5.13. The number of hydrogen-bond acceptors (Lipinski definition) is 9. The highest BCUT2D eigenvalue weighted by Gasteiger charge is 2.20. The van der Waals surface area contributed by atoms with Crippen molar-refractivity contribution in [2.45, 2.75) is 47.4 Å². The lowest BCUT2D eigenvalue weighted by Gasteiger charge is -2.11. The van der Waals surface area contributed by atoms with Gasteiger partial charge in [0.15, 0.2) is 4.34 Å². The fraction of sp³-hybridized carbons (Fsp3) is 0.526. The Hall–Kier alpha value is -1.73. The highest BCUT2D eigenvalue weighted by atomic mass is 32.2. The number of nitrogens with zero attached hydrogens (tertiary/aromatic N) is 5. The minimum absolute atomic E-state index is 0.246. The molecule has 3 heterocycles. The average molecular weight is 483 g/mol. The van der Waals surface area contributed by atoms with Gasteiger partial charge < -0.3 is 14.6 Å². The Bertz CT molecular complexity index is 1150. The predicted molar refractivity (Wildman–Crippen MR) is 123 cm³/mol. The molecule has 0 radical (unpaired) electrons. The van der Waals surface area contributed by atoms with Crippen molar-refractivity contribution in [1.29, 1.82) is 0 Å². The molecule has 0 bridgehead atoms. The smallest absolute Gasteiger partial charge is 0.242 e. The zero-order valence-corrected chi connectivity index (χ0v) is 20.2. The van der Waals surface area contributed by atoms with Crippen molar-refractivity contribution in [2.24, 2.45) is 0 Å². The number of nitrogens with one attached hydrogen (secondary N) is 1. The Balaban J connectivity index is 1.46. The van der Waals surface area contributed by atoms with E-state index in [2.05, 4.69) is 27.0 Å². The maximum Gasteiger partial charge on any atom is 0.242 e. The average Bonchev–Trinajstić information content (AvgIpc) is 3.49. The molecule has 0 spiro atoms. The van der Waals surface area contributed by atoms with Gasteiger partial charge in [0.1, 0.15) is 5.82 Å². The van der Waals surface area contributed by atoms with E-state index in [1.807, 2.05) is 6.07 Å². The molecule has 168 valence electrons. The van der Waals surface area contributed by atoms with Gasteiger partial charge in [0.25, 0.3) is 0 Å². The van der Waals surface area contributed by atoms with E-state index in [1.165, 1.54) is 29.7 Å². The molecular formula is C19H26N6O3S3. The molecule has 0 aliphatic carbocycles. The number of aryl methyl sites for hydroxylation is 1. The lowest BCUT2D eigenvalue weighted by atomic mass is 10.2. The van der Waals surface area contributed by atoms with Crippen LogP contribution < -0.4 is 5.32 Å². The third kappa shape index (κ3) is 4.87. The van der Waals surface area contributed by atoms with E-state index in [-0.39, 0.29) is 11.0 Å². The number of imidazole rings is 1. The molecule has 0 saturated carbocycles. The summed E-state index contributed by atoms with van der Waals surface area (Å²) in [6, 6.07) is 5.11. The van der Waals surface area contributed by atoms with Gasteiger partial charge in [-0.2, -0.15) is 0 Å². The monoisotopic (exact) mass is 482 g/mol. The van der Waals surface area contributed by atoms with E-state index in [9.17, 15) is 8.42 Å². The Morgan fingerprint density at radius 1 is 1.35 bits per heavy atom. The number of fused-ring (bicyclic) bond motifs is 1. The number of aromatic nitrogens is 4. The number of thioether (sulfide) groups is 1. The normalized spacial score (nSPS) is 17.1. The maximum atomic E-state index is 12.4. The van der Waals surface area contributed by atoms with E-state index in [1.54, 1.807) is 23.9 Å². The van der Waals surface area contributed by atoms with Crippen molar-refractivity contribution in [3.63, 3.8) is 0 Å². The van der Waals surface area contributed by atoms with Crippen LogP contribution in [0, 0.1) is 0 Å². The molecule has 9 nitrogen and oxygen atoms in total. The van der Waals surface area contributed by atoms with Crippen LogP contribution in [-0.4, -0.2) is 65.8 Å². The van der Waals surface area contributed by atoms with Crippen molar-refractivity contribution in [3.8, 4) is 0 Å². The van der Waals surface area contributed by atoms with Gasteiger partial charge in [0.05, 0.1) is 27.8 Å². The topological polar surface area (TPSA) is 102 Å². The van der Waals surface area contributed by atoms with Gasteiger partial charge in [-0.3, -0.25) is 0 Å². The molecule has 4 rings (SSSR count). The summed E-state index contributed by atoms with van der Waals surface area (Å²) in [5.74, 6) is 1.50. The zero-order chi connectivity index (χ0) is 22.0. The Morgan fingerprint density at radius 3 is 2.90 bits per heavy atom. The van der Waals surface area contributed by atoms with E-state index < -0.39 is 10.0 Å². The van der Waals surface area contributed by atoms with Crippen LogP contribution in [0.25, 0.3) is 11.0 Å². The first-order chi connectivity index (χ1) is 14.9. The van der Waals surface area contributed by atoms with Crippen LogP contribution in [0.15, 0.2) is 27.4 Å². The summed E-state index contributed by atoms with van der Waals surface area (Å²) in [5, 5.41) is 12.6. The number of ether oxygens (including phenoxy) is 1. The minimum atomic E-state index is -3.50. The Labute approximate surface area is 190 Å². The molecule has 1 aromatic carbocycles. The number of anilines is 1. The molecule has 1 fully saturated rings. The molecule has 1 N–H and O–H groups in total. The van der Waals surface area contributed by atoms with Gasteiger partial charge >= 0.3 is 0 Å². The summed E-state index contributed by atoms with van der Waals surface area (Å²) in [6.45, 7) is 4.39. The van der Waals surface area contributed by atoms with Gasteiger partial charge in [-0.15, -0.1) is 10.2 Å². The van der Waals surface area contributed by atoms with Crippen molar-refractivity contribution in [1.82, 2.24) is 24.1 Å². The maximum absolute atomic E-state index is 12.4. The highest BCUT2D eigenvalue weighted by Crippen LogP contribution is 2.30. The number of rotatable bonds is 9. The second kappa shape index (κ2) is 9.41. The first kappa shape index (κ1) is 22.5. The quantitative estimate of drug-likeness (QED) is 0.464. The van der Waals surface area contributed by atoms with Crippen molar-refractivity contribution in [3.05, 3.63) is 24.0 Å². The molecule has 1 aliphatic heterocycles. The minimum Gasteiger partial charge on any atom is -0.376 e. The lowest BCUT2D eigenvalue weighted by molar-refractivity contribution is 0.120. The molecule has 12 heteroatoms. The van der Waals surface area contributed by atoms with Crippen molar-refractivity contribution in [2.75, 3.05) is 32.6 Å². The van der Waals surface area contributed by atoms with Crippen molar-refractivity contribution < 1.29 is 13.2 Å². The highest BCUT2D eigenvalue weighted by molar-refractivity contribution is 8.00. The number of sulfonamides is 1. The molecule has 2 aromatic heterocycles. The summed E-state index contributed by atoms with van der Waals surface area (Å²) >= 11 is 3.09. The zero-order valence-electron chi connectivity index (χ0n) is 17.7. The molecule has 0 amide bonds. The van der Waals surface area contributed by atoms with Gasteiger partial charge in [0, 0.05) is 33.8 Å². The van der Waals surface area contributed by atoms with E-state index >= 15 is 0 Å². The summed E-state index contributed by atoms with van der Waals surface area (Å²) < 4.78 is 34.7. The summed E-state index contributed by atoms with van der Waals surface area (Å²) in [5.41, 5.74) is 1.60. The fourth-order valence-electron chi connectivity index (χ4n) is 3.47. The van der Waals surface area contributed by atoms with E-state index in [0.717, 1.165) is 53.4 Å². The second-order valence-electron chi connectivity index (χ2n) is 7.39. The van der Waals surface area contributed by atoms with Gasteiger partial charge in [-0.1, -0.05) is 23.1 Å². The molecule has 31 heavy (non-hydrogen) atoms. The first-order valence-corrected chi connectivity index (χ1v) is 13.4. The molecule has 1 saturated heterocycles. The first-order valence-electron chi connectivity index (χ1n) is 10.1. The Morgan fingerprint density at radius 2 is 2.19 bits per heavy atom. The number of benzene rings is 1. The third-order valence-corrected chi connectivity index (χ3v) is 8.95. The fourth-order valence-corrected chi connectivity index (χ4v) is 6.09. The van der Waals surface area contributed by atoms with Crippen molar-refractivity contribution >= 4 is 49.3 Å². The molecular weight excluding hydrogens is 456 g/mol. The molecule has 1 atom stereocenters. The van der Waals surface area contributed by atoms with E-state index in [4.69, 9.17) is 9.72 Å². The van der Waals surface area contributed by atoms with Crippen LogP contribution in [-0.2, 0) is 27.1 Å². The van der Waals surface area contributed by atoms with Crippen LogP contribution in [0.1, 0.15) is 25.6 Å². The summed E-state index contributed by atoms with van der Waals surface area (Å²) in [4.78, 5) is 4.96. The van der Waals surface area contributed by atoms with Gasteiger partial charge in [-0.05, 0) is 38.0 Å². The summed E-state index contributed by atoms with van der Waals surface area (Å²) in [6.07, 6.45) is 2.45. The number of hydrogen-bond donors (Lipinski definition) is 1. The lowest BCUT2D eigenvalue weighted by Crippen LogP contribution is -2.22. The second-order valence-corrected chi connectivity index (χ2v) is 11.7. The predicted octanol–water partition coefficient (Wildman–Crippen LogP) is 3.04. The SMILES string of the molecule is CCn1c(CSc2nnc(NC[C@H]3CCCO3)s2)nc2cc(S(=O)(=O)N(C)C)ccc21. The van der Waals surface area contributed by atoms with Crippen LogP contribution in [0.3, 0.4) is 0 Å². The standard InChI is InChI=1S/C19H26N6O3S3/c1-4-25-16-8-7-14(31(26,27)24(2)3)10-15(16)21-17(25)12-29-19-23-22-18(30-19)20-11-13-6-5-9-28-13/h7-8,10,13H,4-6,9,11-12H2,1-3H3,(H,20,22)/t13-/m1/s1. The van der Waals surface area contributed by atoms with E-state index in [0.29, 0.717) is 11.3 Å². The molecule has 0 unspecified atom stereocenters.